The maximum Gasteiger partial charge on any atom is 0.292 e. The van der Waals surface area contributed by atoms with Crippen LogP contribution in [-0.2, 0) is 26.2 Å². The highest BCUT2D eigenvalue weighted by Crippen LogP contribution is 2.40. The third kappa shape index (κ3) is 18.0. The van der Waals surface area contributed by atoms with Crippen LogP contribution < -0.4 is 0 Å². The molecule has 6 aliphatic rings. The van der Waals surface area contributed by atoms with Crippen molar-refractivity contribution in [2.75, 3.05) is 85.1 Å². The van der Waals surface area contributed by atoms with Gasteiger partial charge in [-0.25, -0.2) is 26.9 Å². The molecule has 1 unspecified atom stereocenters. The van der Waals surface area contributed by atoms with Gasteiger partial charge in [0.1, 0.15) is 41.4 Å². The number of amides is 6. The molecular formula is C87H97F5N14O8. The molecule has 0 bridgehead atoms. The number of hydrogen-bond acceptors (Lipinski definition) is 10. The zero-order valence-electron chi connectivity index (χ0n) is 64.4. The van der Waals surface area contributed by atoms with Gasteiger partial charge in [-0.2, -0.15) is 0 Å². The third-order valence-electron chi connectivity index (χ3n) is 23.8. The lowest BCUT2D eigenvalue weighted by Gasteiger charge is -2.33. The molecule has 27 heteroatoms. The number of nitrogens with zero attached hydrogens (tertiary/aromatic N) is 9. The number of rotatable bonds is 12. The maximum absolute atomic E-state index is 13.4. The van der Waals surface area contributed by atoms with Crippen LogP contribution in [0.3, 0.4) is 0 Å². The van der Waals surface area contributed by atoms with E-state index in [0.717, 1.165) is 138 Å². The quantitative estimate of drug-likeness (QED) is 0.0630. The van der Waals surface area contributed by atoms with Crippen molar-refractivity contribution in [2.24, 2.45) is 13.0 Å². The van der Waals surface area contributed by atoms with E-state index in [1.54, 1.807) is 43.9 Å². The van der Waals surface area contributed by atoms with Gasteiger partial charge in [0.25, 0.3) is 11.8 Å². The number of aromatic nitrogens is 8. The summed E-state index contributed by atoms with van der Waals surface area (Å²) < 4.78 is 73.1. The molecule has 22 nitrogen and oxygen atoms in total. The van der Waals surface area contributed by atoms with Crippen LogP contribution in [0.4, 0.5) is 22.0 Å². The van der Waals surface area contributed by atoms with E-state index >= 15 is 0 Å². The van der Waals surface area contributed by atoms with Gasteiger partial charge in [0.05, 0.1) is 18.4 Å². The predicted octanol–water partition coefficient (Wildman–Crippen LogP) is 15.1. The van der Waals surface area contributed by atoms with Crippen LogP contribution >= 0.6 is 0 Å². The Hall–Kier alpha value is -11.4. The van der Waals surface area contributed by atoms with Crippen molar-refractivity contribution >= 4 is 90.0 Å². The Bertz CT molecular complexity index is 5350. The summed E-state index contributed by atoms with van der Waals surface area (Å²) >= 11 is 0. The van der Waals surface area contributed by atoms with E-state index in [2.05, 4.69) is 35.1 Å². The highest BCUT2D eigenvalue weighted by atomic mass is 19.1. The smallest absolute Gasteiger partial charge is 0.292 e. The second kappa shape index (κ2) is 35.8. The maximum atomic E-state index is 13.4. The molecule has 114 heavy (non-hydrogen) atoms. The number of aliphatic hydroxyl groups is 1. The van der Waals surface area contributed by atoms with Gasteiger partial charge in [0.2, 0.25) is 29.4 Å². The number of imidazole rings is 1. The van der Waals surface area contributed by atoms with Crippen LogP contribution in [-0.4, -0.2) is 195 Å². The van der Waals surface area contributed by atoms with Gasteiger partial charge >= 0.3 is 0 Å². The number of carbonyl (C=O) groups is 6. The molecule has 6 amide bonds. The molecule has 6 aliphatic heterocycles. The standard InChI is InChI=1S/C20H24FN3O2.C18H19FN4O.C17H16FN3O2.C17H21FN2O.C15H17FN2O2/c1-2-23-12-14(9-19(23)25)20(26)24-7-5-13(6-8-24)17-11-22-18-10-15(21)3-4-16(17)18;1-22-10-17(21-11-22)18(24)23-6-4-12(5-7-23)15-9-20-16-8-13(19)2-3-14(15)16;18-12-1-2-13-14(10-19-15(13)9-12)11-4-7-21(8-5-11)17(22)16-3-6-20-23-16;1-2-3-17(21)20-8-6-12(7-9-20)15-11-19-16-10-13(18)4-5-14(15)16;16-11-1-2-12-13(8-17-14(12)7-11)10-3-5-18(6-4-10)15(20)9-19/h3-4,10-11,13-14,22H,2,5-9,12H2,1H3;2-3,8-12,20H,4-7H2,1H3;1-3,6,9-11,19H,4-5,7-8H2;4-5,10-12,19H,2-3,6-9H2,1H3;1-2,7-8,10,17,19H,3-6,9H2. The zero-order chi connectivity index (χ0) is 79.7. The summed E-state index contributed by atoms with van der Waals surface area (Å²) in [4.78, 5) is 104. The summed E-state index contributed by atoms with van der Waals surface area (Å²) in [6, 6.07) is 25.8. The minimum absolute atomic E-state index is 0.00459. The van der Waals surface area contributed by atoms with Gasteiger partial charge < -0.3 is 68.5 Å². The Labute approximate surface area is 656 Å². The molecule has 5 aromatic carbocycles. The molecule has 0 aliphatic carbocycles. The van der Waals surface area contributed by atoms with Crippen molar-refractivity contribution in [3.05, 3.63) is 215 Å². The van der Waals surface area contributed by atoms with E-state index in [4.69, 9.17) is 9.63 Å². The molecule has 12 aromatic rings. The summed E-state index contributed by atoms with van der Waals surface area (Å²) in [6.07, 6.45) is 25.7. The van der Waals surface area contributed by atoms with E-state index in [1.165, 1.54) is 88.6 Å². The molecule has 7 aromatic heterocycles. The first-order valence-electron chi connectivity index (χ1n) is 39.8. The fourth-order valence-electron chi connectivity index (χ4n) is 17.5. The number of H-pyrrole nitrogens is 5. The minimum Gasteiger partial charge on any atom is -0.387 e. The Morgan fingerprint density at radius 3 is 1.11 bits per heavy atom. The van der Waals surface area contributed by atoms with Gasteiger partial charge in [-0.1, -0.05) is 12.1 Å². The van der Waals surface area contributed by atoms with E-state index in [0.29, 0.717) is 114 Å². The first-order chi connectivity index (χ1) is 55.3. The fraction of sp³-hybridized carbons (Fsp3) is 0.402. The number of halogens is 5. The Kier molecular flexibility index (Phi) is 24.9. The van der Waals surface area contributed by atoms with Crippen LogP contribution in [0.2, 0.25) is 0 Å². The molecule has 13 heterocycles. The lowest BCUT2D eigenvalue weighted by Crippen LogP contribution is -2.42. The van der Waals surface area contributed by atoms with E-state index in [1.807, 2.05) is 96.9 Å². The fourth-order valence-corrected chi connectivity index (χ4v) is 17.5. The SMILES string of the molecule is CCCC(=O)N1CCC(c2c[nH]c3cc(F)ccc23)CC1.CCN1CC(C(=O)N2CCC(c3c[nH]c4cc(F)ccc34)CC2)CC1=O.Cn1cnc(C(=O)N2CCC(c3c[nH]c4cc(F)ccc34)CC2)c1.O=C(CO)N1CCC(c2c[nH]c3cc(F)ccc23)CC1.O=C(c1ccno1)N1CCC(c2c[nH]c3cc(F)ccc23)CC1. The second-order valence-corrected chi connectivity index (χ2v) is 30.8. The summed E-state index contributed by atoms with van der Waals surface area (Å²) in [5.74, 6) is 1.06. The number of aliphatic hydroxyl groups excluding tert-OH is 1. The molecule has 0 radical (unpaired) electrons. The predicted molar refractivity (Wildman–Crippen MR) is 425 cm³/mol. The molecule has 6 N–H and O–H groups in total. The molecule has 6 saturated heterocycles. The largest absolute Gasteiger partial charge is 0.387 e. The van der Waals surface area contributed by atoms with Crippen LogP contribution in [0.15, 0.2) is 151 Å². The number of piperidine rings is 5. The van der Waals surface area contributed by atoms with E-state index < -0.39 is 6.61 Å². The highest BCUT2D eigenvalue weighted by Gasteiger charge is 2.38. The minimum atomic E-state index is -0.420. The number of benzene rings is 5. The number of carbonyl (C=O) groups excluding carboxylic acids is 6. The first kappa shape index (κ1) is 79.3. The summed E-state index contributed by atoms with van der Waals surface area (Å²) in [7, 11) is 1.86. The molecule has 6 fully saturated rings. The number of aromatic amines is 5. The van der Waals surface area contributed by atoms with Crippen LogP contribution in [0.5, 0.6) is 0 Å². The van der Waals surface area contributed by atoms with Crippen molar-refractivity contribution in [3.8, 4) is 0 Å². The zero-order valence-corrected chi connectivity index (χ0v) is 64.4. The molecule has 0 spiro atoms. The van der Waals surface area contributed by atoms with Gasteiger partial charge in [-0.3, -0.25) is 28.8 Å². The number of aryl methyl sites for hydroxylation is 1. The number of nitrogens with one attached hydrogen (secondary N) is 5. The van der Waals surface area contributed by atoms with E-state index in [9.17, 15) is 50.7 Å². The number of likely N-dealkylation sites (tertiary alicyclic amines) is 6. The van der Waals surface area contributed by atoms with Crippen molar-refractivity contribution in [3.63, 3.8) is 0 Å². The van der Waals surface area contributed by atoms with Crippen molar-refractivity contribution in [1.82, 2.24) is 69.0 Å². The van der Waals surface area contributed by atoms with Crippen LogP contribution in [0.25, 0.3) is 54.5 Å². The average molecular weight is 1560 g/mol. The first-order valence-corrected chi connectivity index (χ1v) is 39.8. The molecular weight excluding hydrogens is 1460 g/mol. The lowest BCUT2D eigenvalue weighted by molar-refractivity contribution is -0.137. The van der Waals surface area contributed by atoms with Gasteiger partial charge in [0.15, 0.2) is 0 Å². The molecule has 0 saturated carbocycles. The topological polar surface area (TPSA) is 265 Å². The van der Waals surface area contributed by atoms with Gasteiger partial charge in [-0.15, -0.1) is 0 Å². The lowest BCUT2D eigenvalue weighted by atomic mass is 9.88. The van der Waals surface area contributed by atoms with E-state index in [-0.39, 0.29) is 76.2 Å². The molecule has 598 valence electrons. The molecule has 1 atom stereocenters. The molecule has 18 rings (SSSR count). The average Bonchev–Trinajstić information content (AvgIpc) is 1.65. The van der Waals surface area contributed by atoms with Gasteiger partial charge in [0, 0.05) is 196 Å². The van der Waals surface area contributed by atoms with Crippen molar-refractivity contribution in [2.45, 2.75) is 127 Å². The van der Waals surface area contributed by atoms with Crippen molar-refractivity contribution < 1.29 is 60.3 Å². The Morgan fingerprint density at radius 2 is 0.807 bits per heavy atom. The monoisotopic (exact) mass is 1560 g/mol. The highest BCUT2D eigenvalue weighted by molar-refractivity contribution is 5.94. The van der Waals surface area contributed by atoms with Crippen molar-refractivity contribution in [1.29, 1.82) is 0 Å². The number of hydrogen-bond donors (Lipinski definition) is 6. The van der Waals surface area contributed by atoms with Crippen LogP contribution in [0.1, 0.15) is 176 Å². The second-order valence-electron chi connectivity index (χ2n) is 30.8. The Balaban J connectivity index is 0.000000118. The Morgan fingerprint density at radius 1 is 0.465 bits per heavy atom. The van der Waals surface area contributed by atoms with Crippen LogP contribution in [0, 0.1) is 35.0 Å². The summed E-state index contributed by atoms with van der Waals surface area (Å²) in [5.41, 5.74) is 10.7. The summed E-state index contributed by atoms with van der Waals surface area (Å²) in [6.45, 7) is 12.0. The normalized spacial score (nSPS) is 17.6. The summed E-state index contributed by atoms with van der Waals surface area (Å²) in [5, 5.41) is 17.8. The van der Waals surface area contributed by atoms with Gasteiger partial charge in [-0.05, 0) is 226 Å². The third-order valence-corrected chi connectivity index (χ3v) is 23.8. The number of fused-ring (bicyclic) bond motifs is 5.